The number of carbonyl (C=O) groups excluding carboxylic acids is 1. The molecule has 1 saturated carbocycles. The number of thioether (sulfide) groups is 1. The Balaban J connectivity index is 1.96. The van der Waals surface area contributed by atoms with Crippen LogP contribution in [0, 0.1) is 5.92 Å². The van der Waals surface area contributed by atoms with Crippen LogP contribution >= 0.6 is 11.8 Å². The van der Waals surface area contributed by atoms with E-state index in [2.05, 4.69) is 17.4 Å². The highest BCUT2D eigenvalue weighted by molar-refractivity contribution is 8.04. The molecule has 2 atom stereocenters. The molecule has 0 aromatic heterocycles. The summed E-state index contributed by atoms with van der Waals surface area (Å²) in [7, 11) is 0. The second kappa shape index (κ2) is 7.23. The first-order valence-corrected chi connectivity index (χ1v) is 9.14. The highest BCUT2D eigenvalue weighted by Gasteiger charge is 2.32. The number of nitrogens with one attached hydrogen (secondary N) is 1. The number of carbonyl (C=O) groups is 1. The zero-order valence-corrected chi connectivity index (χ0v) is 13.8. The van der Waals surface area contributed by atoms with Crippen LogP contribution < -0.4 is 5.32 Å². The van der Waals surface area contributed by atoms with Crippen LogP contribution in [0.4, 0.5) is 0 Å². The van der Waals surface area contributed by atoms with Gasteiger partial charge in [-0.2, -0.15) is 0 Å². The average Bonchev–Trinajstić information content (AvgIpc) is 2.75. The Bertz CT molecular complexity index is 555. The molecule has 1 N–H and O–H groups in total. The van der Waals surface area contributed by atoms with E-state index in [9.17, 15) is 4.79 Å². The van der Waals surface area contributed by atoms with Gasteiger partial charge in [-0.05, 0) is 31.2 Å². The molecule has 0 saturated heterocycles. The number of esters is 1. The van der Waals surface area contributed by atoms with Gasteiger partial charge in [0.25, 0.3) is 0 Å². The Kier molecular flexibility index (Phi) is 5.08. The first kappa shape index (κ1) is 15.5. The molecule has 2 aliphatic rings. The van der Waals surface area contributed by atoms with Crippen molar-refractivity contribution in [2.24, 2.45) is 5.92 Å². The lowest BCUT2D eigenvalue weighted by Gasteiger charge is -2.31. The minimum Gasteiger partial charge on any atom is -0.462 e. The van der Waals surface area contributed by atoms with Crippen molar-refractivity contribution in [1.29, 1.82) is 0 Å². The van der Waals surface area contributed by atoms with Gasteiger partial charge in [0.05, 0.1) is 12.3 Å². The zero-order chi connectivity index (χ0) is 15.4. The van der Waals surface area contributed by atoms with Crippen molar-refractivity contribution >= 4 is 23.4 Å². The third-order valence-electron chi connectivity index (χ3n) is 4.43. The minimum atomic E-state index is -0.197. The third kappa shape index (κ3) is 3.32. The number of ether oxygens (including phenoxy) is 1. The summed E-state index contributed by atoms with van der Waals surface area (Å²) in [5, 5.41) is 3.68. The molecule has 1 heterocycles. The van der Waals surface area contributed by atoms with E-state index < -0.39 is 0 Å². The highest BCUT2D eigenvalue weighted by atomic mass is 32.2. The maximum absolute atomic E-state index is 12.4. The van der Waals surface area contributed by atoms with Crippen LogP contribution in [0.25, 0.3) is 5.70 Å². The van der Waals surface area contributed by atoms with Crippen molar-refractivity contribution in [2.75, 3.05) is 12.4 Å². The Labute approximate surface area is 136 Å². The van der Waals surface area contributed by atoms with Crippen molar-refractivity contribution in [1.82, 2.24) is 5.32 Å². The van der Waals surface area contributed by atoms with Crippen LogP contribution in [0.3, 0.4) is 0 Å². The van der Waals surface area contributed by atoms with E-state index in [0.29, 0.717) is 18.6 Å². The number of hydrogen-bond donors (Lipinski definition) is 1. The molecule has 1 fully saturated rings. The van der Waals surface area contributed by atoms with Gasteiger partial charge in [0.2, 0.25) is 0 Å². The fraction of sp³-hybridized carbons (Fsp3) is 0.500. The Hall–Kier alpha value is -1.42. The molecule has 1 aliphatic heterocycles. The minimum absolute atomic E-state index is 0.197. The SMILES string of the molecule is CCOC(=O)C1=C(c2ccccc2)N[C@@H]2CCCC[C@@H]2CS1. The van der Waals surface area contributed by atoms with Crippen molar-refractivity contribution in [3.8, 4) is 0 Å². The number of fused-ring (bicyclic) bond motifs is 1. The first-order chi connectivity index (χ1) is 10.8. The maximum Gasteiger partial charge on any atom is 0.346 e. The first-order valence-electron chi connectivity index (χ1n) is 8.15. The van der Waals surface area contributed by atoms with E-state index >= 15 is 0 Å². The molecule has 118 valence electrons. The lowest BCUT2D eigenvalue weighted by molar-refractivity contribution is -0.137. The molecule has 22 heavy (non-hydrogen) atoms. The predicted octanol–water partition coefficient (Wildman–Crippen LogP) is 3.81. The van der Waals surface area contributed by atoms with Crippen LogP contribution in [0.15, 0.2) is 35.2 Å². The van der Waals surface area contributed by atoms with E-state index in [0.717, 1.165) is 21.9 Å². The van der Waals surface area contributed by atoms with Crippen molar-refractivity contribution < 1.29 is 9.53 Å². The standard InChI is InChI=1S/C18H23NO2S/c1-2-21-18(20)17-16(13-8-4-3-5-9-13)19-15-11-7-6-10-14(15)12-22-17/h3-5,8-9,14-15,19H,2,6-7,10-12H2,1H3/t14-,15-/m1/s1. The molecule has 0 unspecified atom stereocenters. The lowest BCUT2D eigenvalue weighted by Crippen LogP contribution is -2.37. The Morgan fingerprint density at radius 1 is 1.27 bits per heavy atom. The Morgan fingerprint density at radius 2 is 2.05 bits per heavy atom. The van der Waals surface area contributed by atoms with Gasteiger partial charge < -0.3 is 10.1 Å². The van der Waals surface area contributed by atoms with Crippen molar-refractivity contribution in [2.45, 2.75) is 38.6 Å². The van der Waals surface area contributed by atoms with Crippen LogP contribution in [0.1, 0.15) is 38.2 Å². The van der Waals surface area contributed by atoms with Crippen LogP contribution in [0.2, 0.25) is 0 Å². The summed E-state index contributed by atoms with van der Waals surface area (Å²) in [5.74, 6) is 1.45. The molecule has 1 aromatic rings. The van der Waals surface area contributed by atoms with Crippen LogP contribution in [-0.2, 0) is 9.53 Å². The van der Waals surface area contributed by atoms with E-state index in [1.165, 1.54) is 25.7 Å². The van der Waals surface area contributed by atoms with Gasteiger partial charge in [-0.15, -0.1) is 11.8 Å². The monoisotopic (exact) mass is 317 g/mol. The molecule has 0 radical (unpaired) electrons. The van der Waals surface area contributed by atoms with E-state index in [4.69, 9.17) is 4.74 Å². The van der Waals surface area contributed by atoms with Crippen LogP contribution in [0.5, 0.6) is 0 Å². The summed E-state index contributed by atoms with van der Waals surface area (Å²) in [4.78, 5) is 13.1. The van der Waals surface area contributed by atoms with Gasteiger partial charge in [0.1, 0.15) is 4.91 Å². The second-order valence-corrected chi connectivity index (χ2v) is 6.93. The topological polar surface area (TPSA) is 38.3 Å². The van der Waals surface area contributed by atoms with Crippen LogP contribution in [-0.4, -0.2) is 24.4 Å². The fourth-order valence-electron chi connectivity index (χ4n) is 3.29. The maximum atomic E-state index is 12.4. The van der Waals surface area contributed by atoms with Gasteiger partial charge >= 0.3 is 5.97 Å². The number of hydrogen-bond acceptors (Lipinski definition) is 4. The summed E-state index contributed by atoms with van der Waals surface area (Å²) in [5.41, 5.74) is 2.03. The number of benzene rings is 1. The molecule has 3 rings (SSSR count). The molecule has 4 heteroatoms. The summed E-state index contributed by atoms with van der Waals surface area (Å²) in [6.07, 6.45) is 5.02. The van der Waals surface area contributed by atoms with E-state index in [1.54, 1.807) is 11.8 Å². The fourth-order valence-corrected chi connectivity index (χ4v) is 4.57. The summed E-state index contributed by atoms with van der Waals surface area (Å²) < 4.78 is 5.28. The van der Waals surface area contributed by atoms with Gasteiger partial charge in [0, 0.05) is 11.8 Å². The molecule has 0 spiro atoms. The summed E-state index contributed by atoms with van der Waals surface area (Å²) >= 11 is 1.66. The van der Waals surface area contributed by atoms with Gasteiger partial charge in [-0.1, -0.05) is 43.2 Å². The number of rotatable bonds is 3. The molecule has 0 amide bonds. The molecule has 1 aliphatic carbocycles. The molecule has 0 bridgehead atoms. The van der Waals surface area contributed by atoms with Gasteiger partial charge in [-0.25, -0.2) is 4.79 Å². The van der Waals surface area contributed by atoms with Gasteiger partial charge in [-0.3, -0.25) is 0 Å². The average molecular weight is 317 g/mol. The van der Waals surface area contributed by atoms with E-state index in [-0.39, 0.29) is 5.97 Å². The van der Waals surface area contributed by atoms with Gasteiger partial charge in [0.15, 0.2) is 0 Å². The predicted molar refractivity (Wildman–Crippen MR) is 91.3 cm³/mol. The zero-order valence-electron chi connectivity index (χ0n) is 13.0. The molecule has 1 aromatic carbocycles. The normalized spacial score (nSPS) is 25.0. The third-order valence-corrected chi connectivity index (χ3v) is 5.69. The lowest BCUT2D eigenvalue weighted by atomic mass is 9.85. The summed E-state index contributed by atoms with van der Waals surface area (Å²) in [6, 6.07) is 10.6. The van der Waals surface area contributed by atoms with E-state index in [1.807, 2.05) is 25.1 Å². The summed E-state index contributed by atoms with van der Waals surface area (Å²) in [6.45, 7) is 2.27. The highest BCUT2D eigenvalue weighted by Crippen LogP contribution is 2.37. The smallest absolute Gasteiger partial charge is 0.346 e. The molecular formula is C18H23NO2S. The quantitative estimate of drug-likeness (QED) is 0.860. The second-order valence-electron chi connectivity index (χ2n) is 5.90. The van der Waals surface area contributed by atoms with Crippen molar-refractivity contribution in [3.05, 3.63) is 40.8 Å². The Morgan fingerprint density at radius 3 is 2.82 bits per heavy atom. The molecule has 3 nitrogen and oxygen atoms in total. The largest absolute Gasteiger partial charge is 0.462 e. The molecular weight excluding hydrogens is 294 g/mol. The van der Waals surface area contributed by atoms with Crippen molar-refractivity contribution in [3.63, 3.8) is 0 Å².